The van der Waals surface area contributed by atoms with Crippen molar-refractivity contribution in [1.82, 2.24) is 19.5 Å². The van der Waals surface area contributed by atoms with Crippen molar-refractivity contribution in [2.75, 3.05) is 11.9 Å². The van der Waals surface area contributed by atoms with Gasteiger partial charge in [0.15, 0.2) is 0 Å². The number of rotatable bonds is 5. The molecule has 7 nitrogen and oxygen atoms in total. The summed E-state index contributed by atoms with van der Waals surface area (Å²) in [6.07, 6.45) is 0.291. The molecular weight excluding hydrogens is 356 g/mol. The molecular formula is C18H19F2N5O2. The van der Waals surface area contributed by atoms with Crippen LogP contribution >= 0.6 is 0 Å². The van der Waals surface area contributed by atoms with E-state index in [0.717, 1.165) is 0 Å². The van der Waals surface area contributed by atoms with E-state index in [4.69, 9.17) is 0 Å². The van der Waals surface area contributed by atoms with Crippen molar-refractivity contribution in [1.29, 1.82) is 0 Å². The topological polar surface area (TPSA) is 92.9 Å². The minimum atomic E-state index is -2.60. The second-order valence-corrected chi connectivity index (χ2v) is 6.67. The van der Waals surface area contributed by atoms with Crippen LogP contribution in [0.2, 0.25) is 0 Å². The fourth-order valence-electron chi connectivity index (χ4n) is 2.58. The summed E-state index contributed by atoms with van der Waals surface area (Å²) in [6, 6.07) is 4.97. The molecule has 2 N–H and O–H groups in total. The zero-order chi connectivity index (χ0) is 19.8. The molecule has 0 aromatic carbocycles. The average molecular weight is 375 g/mol. The number of aromatic nitrogens is 4. The van der Waals surface area contributed by atoms with Crippen LogP contribution < -0.4 is 10.9 Å². The predicted octanol–water partition coefficient (Wildman–Crippen LogP) is 2.29. The van der Waals surface area contributed by atoms with Crippen LogP contribution in [0.5, 0.6) is 0 Å². The Morgan fingerprint density at radius 3 is 2.63 bits per heavy atom. The van der Waals surface area contributed by atoms with Crippen LogP contribution in [0.1, 0.15) is 19.5 Å². The number of alkyl halides is 2. The van der Waals surface area contributed by atoms with E-state index in [1.54, 1.807) is 32.0 Å². The summed E-state index contributed by atoms with van der Waals surface area (Å²) in [6.45, 7) is 2.60. The van der Waals surface area contributed by atoms with E-state index >= 15 is 0 Å². The number of aliphatic hydroxyl groups is 1. The van der Waals surface area contributed by atoms with Crippen LogP contribution in [0, 0.1) is 0 Å². The molecule has 0 saturated carbocycles. The molecule has 0 aliphatic rings. The molecule has 3 rings (SSSR count). The van der Waals surface area contributed by atoms with Gasteiger partial charge >= 0.3 is 0 Å². The molecule has 0 bridgehead atoms. The number of pyridine rings is 2. The highest BCUT2D eigenvalue weighted by Crippen LogP contribution is 2.26. The van der Waals surface area contributed by atoms with Crippen LogP contribution in [0.15, 0.2) is 35.5 Å². The number of fused-ring (bicyclic) bond motifs is 1. The number of halogens is 2. The first-order valence-corrected chi connectivity index (χ1v) is 8.24. The van der Waals surface area contributed by atoms with E-state index in [9.17, 15) is 18.7 Å². The Kier molecular flexibility index (Phi) is 4.88. The highest BCUT2D eigenvalue weighted by Gasteiger charge is 2.18. The molecule has 3 aromatic heterocycles. The first-order chi connectivity index (χ1) is 12.7. The van der Waals surface area contributed by atoms with Gasteiger partial charge in [-0.3, -0.25) is 9.78 Å². The van der Waals surface area contributed by atoms with Crippen molar-refractivity contribution in [2.45, 2.75) is 25.9 Å². The fourth-order valence-corrected chi connectivity index (χ4v) is 2.58. The molecule has 0 unspecified atom stereocenters. The molecule has 9 heteroatoms. The molecule has 0 saturated heterocycles. The normalized spacial score (nSPS) is 12.0. The number of aryl methyl sites for hydroxylation is 1. The van der Waals surface area contributed by atoms with Gasteiger partial charge in [0.05, 0.1) is 29.8 Å². The van der Waals surface area contributed by atoms with Crippen molar-refractivity contribution in [3.63, 3.8) is 0 Å². The van der Waals surface area contributed by atoms with Crippen molar-refractivity contribution in [3.05, 3.63) is 46.8 Å². The minimum Gasteiger partial charge on any atom is -0.384 e. The molecule has 0 spiro atoms. The number of nitrogens with one attached hydrogen (secondary N) is 1. The monoisotopic (exact) mass is 375 g/mol. The summed E-state index contributed by atoms with van der Waals surface area (Å²) in [4.78, 5) is 25.2. The largest absolute Gasteiger partial charge is 0.384 e. The Balaban J connectivity index is 2.14. The Morgan fingerprint density at radius 2 is 2.04 bits per heavy atom. The molecule has 0 radical (unpaired) electrons. The van der Waals surface area contributed by atoms with Gasteiger partial charge in [-0.15, -0.1) is 0 Å². The quantitative estimate of drug-likeness (QED) is 0.711. The van der Waals surface area contributed by atoms with Crippen molar-refractivity contribution in [2.24, 2.45) is 7.05 Å². The lowest BCUT2D eigenvalue weighted by Gasteiger charge is -2.16. The van der Waals surface area contributed by atoms with Gasteiger partial charge in [0.25, 0.3) is 12.0 Å². The molecule has 0 atom stereocenters. The highest BCUT2D eigenvalue weighted by atomic mass is 19.3. The molecule has 3 heterocycles. The lowest BCUT2D eigenvalue weighted by Crippen LogP contribution is -2.20. The first-order valence-electron chi connectivity index (χ1n) is 8.24. The van der Waals surface area contributed by atoms with Gasteiger partial charge in [0.1, 0.15) is 16.8 Å². The number of anilines is 1. The zero-order valence-electron chi connectivity index (χ0n) is 15.1. The fraction of sp³-hybridized carbons (Fsp3) is 0.333. The summed E-state index contributed by atoms with van der Waals surface area (Å²) in [5.41, 5.74) is 0.378. The second-order valence-electron chi connectivity index (χ2n) is 6.67. The lowest BCUT2D eigenvalue weighted by molar-refractivity contribution is 0.0739. The molecule has 142 valence electrons. The molecule has 3 aromatic rings. The zero-order valence-corrected chi connectivity index (χ0v) is 15.1. The van der Waals surface area contributed by atoms with Gasteiger partial charge in [0, 0.05) is 18.8 Å². The maximum absolute atomic E-state index is 12.7. The minimum absolute atomic E-state index is 0.0445. The number of hydrogen-bond donors (Lipinski definition) is 2. The maximum atomic E-state index is 12.7. The van der Waals surface area contributed by atoms with Gasteiger partial charge in [-0.05, 0) is 32.0 Å². The highest BCUT2D eigenvalue weighted by molar-refractivity contribution is 5.91. The molecule has 0 aliphatic carbocycles. The van der Waals surface area contributed by atoms with Crippen LogP contribution in [0.3, 0.4) is 0 Å². The second kappa shape index (κ2) is 6.99. The number of hydrogen-bond acceptors (Lipinski definition) is 6. The van der Waals surface area contributed by atoms with Gasteiger partial charge < -0.3 is 15.0 Å². The van der Waals surface area contributed by atoms with E-state index in [1.807, 2.05) is 0 Å². The van der Waals surface area contributed by atoms with Gasteiger partial charge in [-0.1, -0.05) is 0 Å². The summed E-state index contributed by atoms with van der Waals surface area (Å²) < 4.78 is 26.6. The van der Waals surface area contributed by atoms with Gasteiger partial charge in [-0.25, -0.2) is 18.7 Å². The van der Waals surface area contributed by atoms with Crippen LogP contribution in [0.25, 0.3) is 22.2 Å². The van der Waals surface area contributed by atoms with Crippen LogP contribution in [-0.2, 0) is 12.6 Å². The predicted molar refractivity (Wildman–Crippen MR) is 97.7 cm³/mol. The molecule has 27 heavy (non-hydrogen) atoms. The first kappa shape index (κ1) is 18.8. The van der Waals surface area contributed by atoms with E-state index in [0.29, 0.717) is 22.5 Å². The Labute approximate surface area is 153 Å². The maximum Gasteiger partial charge on any atom is 0.264 e. The Hall–Kier alpha value is -2.94. The van der Waals surface area contributed by atoms with E-state index in [1.165, 1.54) is 24.1 Å². The smallest absolute Gasteiger partial charge is 0.264 e. The molecule has 0 aliphatic heterocycles. The standard InChI is InChI=1S/C18H19F2N5O2/c1-18(2,27)13-5-4-10(7-21-13)11-6-12-15(17(26)25(3)9-23-12)16(24-11)22-8-14(19)20/h4-7,9,14,27H,8H2,1-3H3,(H,22,24). The lowest BCUT2D eigenvalue weighted by atomic mass is 10.0. The third-order valence-electron chi connectivity index (χ3n) is 4.01. The van der Waals surface area contributed by atoms with E-state index in [-0.39, 0.29) is 16.8 Å². The third-order valence-corrected chi connectivity index (χ3v) is 4.01. The van der Waals surface area contributed by atoms with Crippen molar-refractivity contribution in [3.8, 4) is 11.3 Å². The van der Waals surface area contributed by atoms with Crippen LogP contribution in [0.4, 0.5) is 14.6 Å². The van der Waals surface area contributed by atoms with Crippen molar-refractivity contribution < 1.29 is 13.9 Å². The summed E-state index contributed by atoms with van der Waals surface area (Å²) >= 11 is 0. The van der Waals surface area contributed by atoms with Crippen LogP contribution in [-0.4, -0.2) is 37.6 Å². The summed E-state index contributed by atoms with van der Waals surface area (Å²) in [7, 11) is 1.53. The molecule has 0 fully saturated rings. The third kappa shape index (κ3) is 3.92. The van der Waals surface area contributed by atoms with E-state index < -0.39 is 18.6 Å². The molecule has 0 amide bonds. The summed E-state index contributed by atoms with van der Waals surface area (Å²) in [5.74, 6) is 0.0445. The Bertz CT molecular complexity index is 1030. The van der Waals surface area contributed by atoms with Crippen molar-refractivity contribution >= 4 is 16.7 Å². The van der Waals surface area contributed by atoms with Gasteiger partial charge in [-0.2, -0.15) is 0 Å². The SMILES string of the molecule is Cn1cnc2cc(-c3ccc(C(C)(C)O)nc3)nc(NCC(F)F)c2c1=O. The van der Waals surface area contributed by atoms with Gasteiger partial charge in [0.2, 0.25) is 0 Å². The van der Waals surface area contributed by atoms with E-state index in [2.05, 4.69) is 20.3 Å². The summed E-state index contributed by atoms with van der Waals surface area (Å²) in [5, 5.41) is 12.7. The number of nitrogens with zero attached hydrogens (tertiary/aromatic N) is 4. The average Bonchev–Trinajstić information content (AvgIpc) is 2.62. The Morgan fingerprint density at radius 1 is 1.30 bits per heavy atom.